The molecule has 0 aliphatic carbocycles. The van der Waals surface area contributed by atoms with Crippen LogP contribution in [0.2, 0.25) is 0 Å². The molecule has 3 aromatic rings. The van der Waals surface area contributed by atoms with Gasteiger partial charge in [0, 0.05) is 26.2 Å². The summed E-state index contributed by atoms with van der Waals surface area (Å²) in [7, 11) is -3.60. The second kappa shape index (κ2) is 8.45. The van der Waals surface area contributed by atoms with Gasteiger partial charge in [-0.3, -0.25) is 4.79 Å². The zero-order valence-corrected chi connectivity index (χ0v) is 17.6. The number of carbonyl (C=O) groups is 1. The van der Waals surface area contributed by atoms with Gasteiger partial charge in [0.25, 0.3) is 5.91 Å². The average Bonchev–Trinajstić information content (AvgIpc) is 2.78. The zero-order chi connectivity index (χ0) is 21.1. The van der Waals surface area contributed by atoms with Crippen LogP contribution >= 0.6 is 0 Å². The Morgan fingerprint density at radius 1 is 0.900 bits per heavy atom. The maximum absolute atomic E-state index is 13.0. The quantitative estimate of drug-likeness (QED) is 0.631. The Balaban J connectivity index is 1.36. The Kier molecular flexibility index (Phi) is 5.74. The maximum Gasteiger partial charge on any atom is 0.260 e. The van der Waals surface area contributed by atoms with Crippen molar-refractivity contribution in [2.45, 2.75) is 11.8 Å². The van der Waals surface area contributed by atoms with Gasteiger partial charge in [-0.25, -0.2) is 8.42 Å². The fourth-order valence-corrected chi connectivity index (χ4v) is 4.98. The van der Waals surface area contributed by atoms with Crippen LogP contribution in [0.1, 0.15) is 5.56 Å². The van der Waals surface area contributed by atoms with Crippen LogP contribution in [0.4, 0.5) is 0 Å². The van der Waals surface area contributed by atoms with Crippen LogP contribution in [0.15, 0.2) is 71.6 Å². The number of ether oxygens (including phenoxy) is 1. The Hall–Kier alpha value is -2.90. The molecule has 0 N–H and O–H groups in total. The molecule has 6 nitrogen and oxygen atoms in total. The van der Waals surface area contributed by atoms with Crippen LogP contribution in [0.25, 0.3) is 10.8 Å². The standard InChI is InChI=1S/C23H24N2O4S/c1-18-6-9-21(10-7-18)29-17-23(26)24-12-14-25(15-13-24)30(27,28)22-11-8-19-4-2-3-5-20(19)16-22/h2-11,16H,12-15,17H2,1H3. The van der Waals surface area contributed by atoms with Gasteiger partial charge in [0.15, 0.2) is 6.61 Å². The van der Waals surface area contributed by atoms with Crippen molar-refractivity contribution in [1.82, 2.24) is 9.21 Å². The van der Waals surface area contributed by atoms with Crippen LogP contribution in [0.5, 0.6) is 5.75 Å². The minimum atomic E-state index is -3.60. The molecule has 1 aliphatic heterocycles. The molecule has 1 saturated heterocycles. The Bertz CT molecular complexity index is 1150. The molecule has 0 unspecified atom stereocenters. The molecule has 0 atom stereocenters. The summed E-state index contributed by atoms with van der Waals surface area (Å²) < 4.78 is 33.1. The van der Waals surface area contributed by atoms with Crippen LogP contribution in [0, 0.1) is 6.92 Å². The van der Waals surface area contributed by atoms with E-state index >= 15 is 0 Å². The predicted octanol–water partition coefficient (Wildman–Crippen LogP) is 3.06. The molecule has 0 radical (unpaired) electrons. The van der Waals surface area contributed by atoms with Crippen LogP contribution < -0.4 is 4.74 Å². The van der Waals surface area contributed by atoms with Crippen molar-refractivity contribution < 1.29 is 17.9 Å². The molecular formula is C23H24N2O4S. The summed E-state index contributed by atoms with van der Waals surface area (Å²) in [4.78, 5) is 14.4. The van der Waals surface area contributed by atoms with Gasteiger partial charge in [-0.05, 0) is 42.0 Å². The Morgan fingerprint density at radius 2 is 1.57 bits per heavy atom. The van der Waals surface area contributed by atoms with E-state index in [1.807, 2.05) is 61.5 Å². The summed E-state index contributed by atoms with van der Waals surface area (Å²) in [6.45, 7) is 3.17. The number of benzene rings is 3. The zero-order valence-electron chi connectivity index (χ0n) is 16.8. The lowest BCUT2D eigenvalue weighted by atomic mass is 10.1. The maximum atomic E-state index is 13.0. The molecule has 0 aromatic heterocycles. The summed E-state index contributed by atoms with van der Waals surface area (Å²) in [5, 5.41) is 1.89. The highest BCUT2D eigenvalue weighted by Crippen LogP contribution is 2.23. The number of amides is 1. The van der Waals surface area contributed by atoms with Crippen molar-refractivity contribution in [2.75, 3.05) is 32.8 Å². The number of sulfonamides is 1. The lowest BCUT2D eigenvalue weighted by Gasteiger charge is -2.34. The number of hydrogen-bond donors (Lipinski definition) is 0. The highest BCUT2D eigenvalue weighted by atomic mass is 32.2. The van der Waals surface area contributed by atoms with Gasteiger partial charge >= 0.3 is 0 Å². The minimum Gasteiger partial charge on any atom is -0.484 e. The first kappa shape index (κ1) is 20.4. The van der Waals surface area contributed by atoms with Gasteiger partial charge in [0.2, 0.25) is 10.0 Å². The van der Waals surface area contributed by atoms with E-state index in [9.17, 15) is 13.2 Å². The van der Waals surface area contributed by atoms with E-state index in [0.717, 1.165) is 16.3 Å². The van der Waals surface area contributed by atoms with E-state index in [0.29, 0.717) is 18.8 Å². The lowest BCUT2D eigenvalue weighted by molar-refractivity contribution is -0.134. The van der Waals surface area contributed by atoms with Crippen molar-refractivity contribution in [3.8, 4) is 5.75 Å². The van der Waals surface area contributed by atoms with Crippen LogP contribution in [-0.2, 0) is 14.8 Å². The van der Waals surface area contributed by atoms with Gasteiger partial charge in [-0.2, -0.15) is 4.31 Å². The molecule has 3 aromatic carbocycles. The number of piperazine rings is 1. The average molecular weight is 425 g/mol. The van der Waals surface area contributed by atoms with E-state index in [1.165, 1.54) is 4.31 Å². The molecule has 1 amide bonds. The van der Waals surface area contributed by atoms with Crippen LogP contribution in [-0.4, -0.2) is 56.3 Å². The number of hydrogen-bond acceptors (Lipinski definition) is 4. The van der Waals surface area contributed by atoms with Gasteiger partial charge in [0.1, 0.15) is 5.75 Å². The first-order valence-corrected chi connectivity index (χ1v) is 11.3. The fraction of sp³-hybridized carbons (Fsp3) is 0.261. The smallest absolute Gasteiger partial charge is 0.260 e. The molecule has 0 saturated carbocycles. The summed E-state index contributed by atoms with van der Waals surface area (Å²) >= 11 is 0. The van der Waals surface area contributed by atoms with Crippen LogP contribution in [0.3, 0.4) is 0 Å². The normalized spacial score (nSPS) is 15.3. The Morgan fingerprint density at radius 3 is 2.27 bits per heavy atom. The number of nitrogens with zero attached hydrogens (tertiary/aromatic N) is 2. The van der Waals surface area contributed by atoms with E-state index in [-0.39, 0.29) is 30.5 Å². The van der Waals surface area contributed by atoms with E-state index in [1.54, 1.807) is 17.0 Å². The van der Waals surface area contributed by atoms with Gasteiger partial charge in [-0.1, -0.05) is 48.0 Å². The SMILES string of the molecule is Cc1ccc(OCC(=O)N2CCN(S(=O)(=O)c3ccc4ccccc4c3)CC2)cc1. The summed E-state index contributed by atoms with van der Waals surface area (Å²) in [5.74, 6) is 0.504. The molecule has 30 heavy (non-hydrogen) atoms. The van der Waals surface area contributed by atoms with E-state index in [4.69, 9.17) is 4.74 Å². The van der Waals surface area contributed by atoms with Crippen molar-refractivity contribution in [2.24, 2.45) is 0 Å². The molecule has 0 spiro atoms. The second-order valence-electron chi connectivity index (χ2n) is 7.40. The van der Waals surface area contributed by atoms with E-state index < -0.39 is 10.0 Å². The number of aryl methyl sites for hydroxylation is 1. The summed E-state index contributed by atoms with van der Waals surface area (Å²) in [6.07, 6.45) is 0. The third-order valence-corrected chi connectivity index (χ3v) is 7.23. The number of fused-ring (bicyclic) bond motifs is 1. The van der Waals surface area contributed by atoms with Crippen molar-refractivity contribution in [3.63, 3.8) is 0 Å². The van der Waals surface area contributed by atoms with Gasteiger partial charge in [-0.15, -0.1) is 0 Å². The summed E-state index contributed by atoms with van der Waals surface area (Å²) in [6, 6.07) is 20.4. The lowest BCUT2D eigenvalue weighted by Crippen LogP contribution is -2.51. The fourth-order valence-electron chi connectivity index (χ4n) is 3.53. The van der Waals surface area contributed by atoms with Crippen molar-refractivity contribution >= 4 is 26.7 Å². The number of carbonyl (C=O) groups excluding carboxylic acids is 1. The monoisotopic (exact) mass is 424 g/mol. The molecule has 1 heterocycles. The molecule has 156 valence electrons. The number of rotatable bonds is 5. The molecule has 4 rings (SSSR count). The second-order valence-corrected chi connectivity index (χ2v) is 9.33. The Labute approximate surface area is 176 Å². The van der Waals surface area contributed by atoms with Gasteiger partial charge in [0.05, 0.1) is 4.90 Å². The first-order valence-electron chi connectivity index (χ1n) is 9.90. The first-order chi connectivity index (χ1) is 14.4. The van der Waals surface area contributed by atoms with Crippen molar-refractivity contribution in [3.05, 3.63) is 72.3 Å². The third kappa shape index (κ3) is 4.32. The van der Waals surface area contributed by atoms with E-state index in [2.05, 4.69) is 0 Å². The summed E-state index contributed by atoms with van der Waals surface area (Å²) in [5.41, 5.74) is 1.12. The highest BCUT2D eigenvalue weighted by molar-refractivity contribution is 7.89. The topological polar surface area (TPSA) is 66.9 Å². The molecule has 0 bridgehead atoms. The minimum absolute atomic E-state index is 0.0551. The largest absolute Gasteiger partial charge is 0.484 e. The van der Waals surface area contributed by atoms with Gasteiger partial charge < -0.3 is 9.64 Å². The predicted molar refractivity (Wildman–Crippen MR) is 116 cm³/mol. The third-order valence-electron chi connectivity index (χ3n) is 5.33. The molecule has 7 heteroatoms. The molecule has 1 fully saturated rings. The van der Waals surface area contributed by atoms with Crippen molar-refractivity contribution in [1.29, 1.82) is 0 Å². The molecular weight excluding hydrogens is 400 g/mol. The highest BCUT2D eigenvalue weighted by Gasteiger charge is 2.30. The molecule has 1 aliphatic rings.